The van der Waals surface area contributed by atoms with Crippen molar-refractivity contribution >= 4 is 9.84 Å². The number of nitrogens with one attached hydrogen (secondary N) is 1. The molecule has 0 amide bonds. The van der Waals surface area contributed by atoms with Gasteiger partial charge in [-0.1, -0.05) is 13.0 Å². The zero-order chi connectivity index (χ0) is 15.3. The van der Waals surface area contributed by atoms with Crippen LogP contribution < -0.4 is 14.8 Å². The first-order chi connectivity index (χ1) is 10.0. The van der Waals surface area contributed by atoms with Gasteiger partial charge in [-0.05, 0) is 26.0 Å². The van der Waals surface area contributed by atoms with Crippen molar-refractivity contribution in [1.82, 2.24) is 5.32 Å². The number of hydrogen-bond acceptors (Lipinski definition) is 5. The van der Waals surface area contributed by atoms with Gasteiger partial charge in [-0.3, -0.25) is 0 Å². The molecule has 1 N–H and O–H groups in total. The van der Waals surface area contributed by atoms with Crippen LogP contribution in [0.25, 0.3) is 0 Å². The second-order valence-electron chi connectivity index (χ2n) is 5.29. The van der Waals surface area contributed by atoms with Crippen molar-refractivity contribution in [3.63, 3.8) is 0 Å². The number of ether oxygens (including phenoxy) is 2. The number of sulfone groups is 1. The molecule has 0 spiro atoms. The van der Waals surface area contributed by atoms with E-state index in [1.165, 1.54) is 0 Å². The van der Waals surface area contributed by atoms with Crippen molar-refractivity contribution in [2.24, 2.45) is 0 Å². The predicted octanol–water partition coefficient (Wildman–Crippen LogP) is 1.76. The molecule has 1 saturated heterocycles. The van der Waals surface area contributed by atoms with Gasteiger partial charge in [-0.15, -0.1) is 0 Å². The Kier molecular flexibility index (Phi) is 5.47. The van der Waals surface area contributed by atoms with E-state index in [0.717, 1.165) is 17.7 Å². The van der Waals surface area contributed by atoms with Gasteiger partial charge < -0.3 is 14.8 Å². The van der Waals surface area contributed by atoms with Gasteiger partial charge in [0.1, 0.15) is 17.6 Å². The maximum absolute atomic E-state index is 11.5. The van der Waals surface area contributed by atoms with Crippen molar-refractivity contribution < 1.29 is 17.9 Å². The fourth-order valence-corrected chi connectivity index (χ4v) is 3.91. The topological polar surface area (TPSA) is 64.6 Å². The van der Waals surface area contributed by atoms with E-state index in [9.17, 15) is 8.42 Å². The Morgan fingerprint density at radius 1 is 1.38 bits per heavy atom. The van der Waals surface area contributed by atoms with Crippen LogP contribution in [0.4, 0.5) is 0 Å². The van der Waals surface area contributed by atoms with Crippen LogP contribution in [0, 0.1) is 0 Å². The molecule has 118 valence electrons. The number of rotatable bonds is 7. The van der Waals surface area contributed by atoms with Crippen molar-refractivity contribution in [3.05, 3.63) is 23.8 Å². The highest BCUT2D eigenvalue weighted by Gasteiger charge is 2.29. The molecular weight excluding hydrogens is 290 g/mol. The molecule has 21 heavy (non-hydrogen) atoms. The van der Waals surface area contributed by atoms with Crippen LogP contribution in [-0.4, -0.2) is 39.7 Å². The summed E-state index contributed by atoms with van der Waals surface area (Å²) in [6.45, 7) is 3.38. The lowest BCUT2D eigenvalue weighted by molar-refractivity contribution is 0.224. The Hall–Kier alpha value is -1.27. The summed E-state index contributed by atoms with van der Waals surface area (Å²) in [5, 5.41) is 3.09. The Labute approximate surface area is 126 Å². The van der Waals surface area contributed by atoms with E-state index in [2.05, 4.69) is 12.2 Å². The Morgan fingerprint density at radius 2 is 2.19 bits per heavy atom. The summed E-state index contributed by atoms with van der Waals surface area (Å²) in [6, 6.07) is 5.73. The zero-order valence-electron chi connectivity index (χ0n) is 12.6. The molecular formula is C15H23NO4S. The van der Waals surface area contributed by atoms with Gasteiger partial charge in [-0.2, -0.15) is 0 Å². The lowest BCUT2D eigenvalue weighted by Gasteiger charge is -2.17. The molecule has 1 aliphatic rings. The van der Waals surface area contributed by atoms with Crippen LogP contribution in [0.2, 0.25) is 0 Å². The summed E-state index contributed by atoms with van der Waals surface area (Å²) in [5.74, 6) is 1.78. The average molecular weight is 313 g/mol. The fourth-order valence-electron chi connectivity index (χ4n) is 2.32. The minimum absolute atomic E-state index is 0.103. The Balaban J connectivity index is 2.14. The first-order valence-corrected chi connectivity index (χ1v) is 9.13. The van der Waals surface area contributed by atoms with Gasteiger partial charge in [0.15, 0.2) is 9.84 Å². The SMILES string of the molecule is CCCOc1ccc(CNC)c(OC2CCS(=O)(=O)C2)c1. The van der Waals surface area contributed by atoms with E-state index in [4.69, 9.17) is 9.47 Å². The molecule has 1 aromatic rings. The molecule has 1 unspecified atom stereocenters. The molecule has 0 radical (unpaired) electrons. The van der Waals surface area contributed by atoms with E-state index in [1.807, 2.05) is 25.2 Å². The highest BCUT2D eigenvalue weighted by Crippen LogP contribution is 2.28. The first kappa shape index (κ1) is 16.1. The zero-order valence-corrected chi connectivity index (χ0v) is 13.4. The Bertz CT molecular complexity index is 571. The summed E-state index contributed by atoms with van der Waals surface area (Å²) >= 11 is 0. The predicted molar refractivity (Wildman–Crippen MR) is 82.7 cm³/mol. The Morgan fingerprint density at radius 3 is 2.81 bits per heavy atom. The summed E-state index contributed by atoms with van der Waals surface area (Å²) in [4.78, 5) is 0. The van der Waals surface area contributed by atoms with Crippen LogP contribution in [0.3, 0.4) is 0 Å². The van der Waals surface area contributed by atoms with Crippen molar-refractivity contribution in [2.75, 3.05) is 25.2 Å². The highest BCUT2D eigenvalue weighted by atomic mass is 32.2. The van der Waals surface area contributed by atoms with Gasteiger partial charge in [0.25, 0.3) is 0 Å². The van der Waals surface area contributed by atoms with Crippen LogP contribution in [0.5, 0.6) is 11.5 Å². The summed E-state index contributed by atoms with van der Waals surface area (Å²) in [7, 11) is -1.07. The van der Waals surface area contributed by atoms with Gasteiger partial charge in [0.2, 0.25) is 0 Å². The van der Waals surface area contributed by atoms with Gasteiger partial charge in [0.05, 0.1) is 18.1 Å². The molecule has 1 aromatic carbocycles. The van der Waals surface area contributed by atoms with Crippen LogP contribution in [0.1, 0.15) is 25.3 Å². The van der Waals surface area contributed by atoms with Crippen LogP contribution >= 0.6 is 0 Å². The molecule has 2 rings (SSSR count). The molecule has 0 aromatic heterocycles. The normalized spacial score (nSPS) is 20.4. The molecule has 1 atom stereocenters. The van der Waals surface area contributed by atoms with E-state index >= 15 is 0 Å². The van der Waals surface area contributed by atoms with E-state index < -0.39 is 9.84 Å². The highest BCUT2D eigenvalue weighted by molar-refractivity contribution is 7.91. The van der Waals surface area contributed by atoms with E-state index in [-0.39, 0.29) is 17.6 Å². The lowest BCUT2D eigenvalue weighted by Crippen LogP contribution is -2.19. The van der Waals surface area contributed by atoms with Gasteiger partial charge >= 0.3 is 0 Å². The minimum atomic E-state index is -2.94. The third-order valence-corrected chi connectivity index (χ3v) is 5.10. The molecule has 0 saturated carbocycles. The lowest BCUT2D eigenvalue weighted by atomic mass is 10.2. The maximum Gasteiger partial charge on any atom is 0.154 e. The average Bonchev–Trinajstić information content (AvgIpc) is 2.78. The summed E-state index contributed by atoms with van der Waals surface area (Å²) < 4.78 is 34.6. The second kappa shape index (κ2) is 7.13. The monoisotopic (exact) mass is 313 g/mol. The number of hydrogen-bond donors (Lipinski definition) is 1. The minimum Gasteiger partial charge on any atom is -0.493 e. The smallest absolute Gasteiger partial charge is 0.154 e. The molecule has 1 fully saturated rings. The van der Waals surface area contributed by atoms with Crippen molar-refractivity contribution in [2.45, 2.75) is 32.4 Å². The van der Waals surface area contributed by atoms with Crippen molar-refractivity contribution in [3.8, 4) is 11.5 Å². The summed E-state index contributed by atoms with van der Waals surface area (Å²) in [5.41, 5.74) is 1.01. The summed E-state index contributed by atoms with van der Waals surface area (Å²) in [6.07, 6.45) is 1.24. The molecule has 6 heteroatoms. The second-order valence-corrected chi connectivity index (χ2v) is 7.52. The third kappa shape index (κ3) is 4.61. The number of benzene rings is 1. The van der Waals surface area contributed by atoms with Gasteiger partial charge in [-0.25, -0.2) is 8.42 Å². The van der Waals surface area contributed by atoms with Crippen LogP contribution in [-0.2, 0) is 16.4 Å². The fraction of sp³-hybridized carbons (Fsp3) is 0.600. The standard InChI is InChI=1S/C15H23NO4S/c1-3-7-19-13-5-4-12(10-16-2)15(9-13)20-14-6-8-21(17,18)11-14/h4-5,9,14,16H,3,6-8,10-11H2,1-2H3. The van der Waals surface area contributed by atoms with E-state index in [0.29, 0.717) is 25.3 Å². The molecule has 0 bridgehead atoms. The molecule has 5 nitrogen and oxygen atoms in total. The van der Waals surface area contributed by atoms with Gasteiger partial charge in [0, 0.05) is 18.2 Å². The first-order valence-electron chi connectivity index (χ1n) is 7.31. The van der Waals surface area contributed by atoms with Crippen LogP contribution in [0.15, 0.2) is 18.2 Å². The van der Waals surface area contributed by atoms with Crippen molar-refractivity contribution in [1.29, 1.82) is 0 Å². The quantitative estimate of drug-likeness (QED) is 0.831. The largest absolute Gasteiger partial charge is 0.493 e. The molecule has 1 heterocycles. The molecule has 0 aliphatic carbocycles. The molecule has 1 aliphatic heterocycles. The van der Waals surface area contributed by atoms with E-state index in [1.54, 1.807) is 0 Å². The maximum atomic E-state index is 11.5. The third-order valence-electron chi connectivity index (χ3n) is 3.36.